The Labute approximate surface area is 269 Å². The number of rotatable bonds is 7. The first kappa shape index (κ1) is 30.0. The molecule has 4 fully saturated rings. The molecule has 2 spiro atoms. The molecule has 8 rings (SSSR count). The third kappa shape index (κ3) is 6.94. The van der Waals surface area contributed by atoms with Gasteiger partial charge in [-0.3, -0.25) is 14.8 Å². The fourth-order valence-electron chi connectivity index (χ4n) is 8.10. The molecule has 4 aliphatic rings. The average molecular weight is 602 g/mol. The minimum atomic E-state index is 0.284. The number of hydrogen-bond acceptors (Lipinski definition) is 6. The maximum absolute atomic E-state index is 6.00. The van der Waals surface area contributed by atoms with Crippen LogP contribution >= 0.6 is 0 Å². The SMILES string of the molecule is c1ccc(CN2CCCC23CCN(c2cncc(Oc4ccccc4)c2)C3)cc1.c1ccc(CN2CCCC23CCNC3)cc1. The van der Waals surface area contributed by atoms with E-state index < -0.39 is 0 Å². The smallest absolute Gasteiger partial charge is 0.147 e. The standard InChI is InChI=1S/C25H27N3O.C14H20N2/c1-3-8-21(9-4-1)19-28-14-7-12-25(28)13-15-27(20-25)22-16-24(18-26-17-22)29-23-10-5-2-6-11-23;1-2-5-13(6-3-1)11-16-10-4-7-14(16)8-9-15-12-14/h1-6,8-11,16-18H,7,12-15,19-20H2;1-3,5-6,15H,4,7-12H2. The predicted molar refractivity (Wildman–Crippen MR) is 183 cm³/mol. The summed E-state index contributed by atoms with van der Waals surface area (Å²) in [5, 5.41) is 3.53. The Kier molecular flexibility index (Phi) is 9.15. The zero-order chi connectivity index (χ0) is 30.4. The highest BCUT2D eigenvalue weighted by Crippen LogP contribution is 2.41. The molecule has 1 N–H and O–H groups in total. The van der Waals surface area contributed by atoms with Crippen LogP contribution in [0.2, 0.25) is 0 Å². The number of para-hydroxylation sites is 1. The number of anilines is 1. The molecule has 6 heteroatoms. The van der Waals surface area contributed by atoms with E-state index in [9.17, 15) is 0 Å². The van der Waals surface area contributed by atoms with Gasteiger partial charge in [0.2, 0.25) is 0 Å². The van der Waals surface area contributed by atoms with Crippen molar-refractivity contribution in [2.24, 2.45) is 0 Å². The molecule has 0 bridgehead atoms. The lowest BCUT2D eigenvalue weighted by Crippen LogP contribution is -2.45. The minimum Gasteiger partial charge on any atom is -0.456 e. The molecule has 0 radical (unpaired) electrons. The number of aromatic nitrogens is 1. The van der Waals surface area contributed by atoms with E-state index in [0.29, 0.717) is 5.54 Å². The highest BCUT2D eigenvalue weighted by atomic mass is 16.5. The maximum Gasteiger partial charge on any atom is 0.147 e. The highest BCUT2D eigenvalue weighted by molar-refractivity contribution is 5.51. The van der Waals surface area contributed by atoms with Crippen LogP contribution in [0.5, 0.6) is 11.5 Å². The van der Waals surface area contributed by atoms with Crippen molar-refractivity contribution in [3.8, 4) is 11.5 Å². The zero-order valence-electron chi connectivity index (χ0n) is 26.5. The minimum absolute atomic E-state index is 0.284. The largest absolute Gasteiger partial charge is 0.456 e. The van der Waals surface area contributed by atoms with Gasteiger partial charge in [0.1, 0.15) is 11.5 Å². The summed E-state index contributed by atoms with van der Waals surface area (Å²) in [6.45, 7) is 9.17. The van der Waals surface area contributed by atoms with E-state index in [-0.39, 0.29) is 5.54 Å². The van der Waals surface area contributed by atoms with E-state index in [4.69, 9.17) is 4.74 Å². The van der Waals surface area contributed by atoms with Gasteiger partial charge in [0.15, 0.2) is 0 Å². The molecule has 0 amide bonds. The third-order valence-corrected chi connectivity index (χ3v) is 10.5. The Morgan fingerprint density at radius 3 is 1.91 bits per heavy atom. The van der Waals surface area contributed by atoms with Gasteiger partial charge in [-0.15, -0.1) is 0 Å². The van der Waals surface area contributed by atoms with E-state index in [1.807, 2.05) is 36.5 Å². The van der Waals surface area contributed by atoms with Crippen LogP contribution in [-0.2, 0) is 13.1 Å². The summed E-state index contributed by atoms with van der Waals surface area (Å²) in [5.41, 5.74) is 4.78. The zero-order valence-corrected chi connectivity index (χ0v) is 26.5. The van der Waals surface area contributed by atoms with Crippen LogP contribution in [0.15, 0.2) is 109 Å². The van der Waals surface area contributed by atoms with Crippen molar-refractivity contribution >= 4 is 5.69 Å². The first-order valence-corrected chi connectivity index (χ1v) is 16.9. The van der Waals surface area contributed by atoms with Crippen molar-refractivity contribution in [3.05, 3.63) is 121 Å². The first-order valence-electron chi connectivity index (χ1n) is 16.9. The summed E-state index contributed by atoms with van der Waals surface area (Å²) in [4.78, 5) is 12.3. The molecule has 4 aromatic rings. The highest BCUT2D eigenvalue weighted by Gasteiger charge is 2.46. The fourth-order valence-corrected chi connectivity index (χ4v) is 8.10. The van der Waals surface area contributed by atoms with Crippen LogP contribution in [0.25, 0.3) is 0 Å². The van der Waals surface area contributed by atoms with Gasteiger partial charge in [-0.05, 0) is 81.4 Å². The number of nitrogens with one attached hydrogen (secondary N) is 1. The van der Waals surface area contributed by atoms with Crippen LogP contribution in [0.1, 0.15) is 49.7 Å². The van der Waals surface area contributed by atoms with Gasteiger partial charge in [0, 0.05) is 49.9 Å². The molecule has 5 heterocycles. The summed E-state index contributed by atoms with van der Waals surface area (Å²) in [6.07, 6.45) is 11.6. The van der Waals surface area contributed by atoms with Crippen LogP contribution in [0.4, 0.5) is 5.69 Å². The van der Waals surface area contributed by atoms with Crippen molar-refractivity contribution in [3.63, 3.8) is 0 Å². The lowest BCUT2D eigenvalue weighted by molar-refractivity contribution is 0.148. The molecular weight excluding hydrogens is 554 g/mol. The lowest BCUT2D eigenvalue weighted by atomic mass is 9.94. The lowest BCUT2D eigenvalue weighted by Gasteiger charge is -2.35. The number of hydrogen-bond donors (Lipinski definition) is 1. The molecule has 4 aliphatic heterocycles. The monoisotopic (exact) mass is 601 g/mol. The van der Waals surface area contributed by atoms with Crippen LogP contribution in [0, 0.1) is 0 Å². The molecule has 4 saturated heterocycles. The van der Waals surface area contributed by atoms with Crippen molar-refractivity contribution in [2.75, 3.05) is 44.2 Å². The second-order valence-electron chi connectivity index (χ2n) is 13.4. The second kappa shape index (κ2) is 13.7. The molecule has 45 heavy (non-hydrogen) atoms. The van der Waals surface area contributed by atoms with Gasteiger partial charge >= 0.3 is 0 Å². The number of benzene rings is 3. The average Bonchev–Trinajstić information content (AvgIpc) is 3.90. The van der Waals surface area contributed by atoms with Gasteiger partial charge < -0.3 is 15.0 Å². The normalized spacial score (nSPS) is 24.8. The van der Waals surface area contributed by atoms with Gasteiger partial charge in [-0.1, -0.05) is 78.9 Å². The summed E-state index contributed by atoms with van der Waals surface area (Å²) in [7, 11) is 0. The summed E-state index contributed by atoms with van der Waals surface area (Å²) < 4.78 is 6.00. The molecule has 0 saturated carbocycles. The molecule has 2 unspecified atom stereocenters. The van der Waals surface area contributed by atoms with Crippen molar-refractivity contribution in [1.29, 1.82) is 0 Å². The van der Waals surface area contributed by atoms with Gasteiger partial charge in [0.25, 0.3) is 0 Å². The Morgan fingerprint density at radius 2 is 1.27 bits per heavy atom. The number of likely N-dealkylation sites (tertiary alicyclic amines) is 2. The van der Waals surface area contributed by atoms with Crippen molar-refractivity contribution in [1.82, 2.24) is 20.1 Å². The molecule has 2 atom stereocenters. The topological polar surface area (TPSA) is 43.9 Å². The summed E-state index contributed by atoms with van der Waals surface area (Å²) >= 11 is 0. The maximum atomic E-state index is 6.00. The number of pyridine rings is 1. The van der Waals surface area contributed by atoms with Gasteiger partial charge in [-0.2, -0.15) is 0 Å². The Bertz CT molecular complexity index is 1490. The summed E-state index contributed by atoms with van der Waals surface area (Å²) in [6, 6.07) is 33.8. The molecular formula is C39H47N5O. The quantitative estimate of drug-likeness (QED) is 0.243. The molecule has 234 valence electrons. The van der Waals surface area contributed by atoms with E-state index in [1.54, 1.807) is 6.20 Å². The fraction of sp³-hybridized carbons (Fsp3) is 0.410. The Hall–Kier alpha value is -3.71. The predicted octanol–water partition coefficient (Wildman–Crippen LogP) is 7.13. The Balaban J connectivity index is 0.000000171. The van der Waals surface area contributed by atoms with E-state index in [0.717, 1.165) is 43.4 Å². The van der Waals surface area contributed by atoms with E-state index in [1.165, 1.54) is 75.8 Å². The molecule has 0 aliphatic carbocycles. The van der Waals surface area contributed by atoms with Crippen molar-refractivity contribution < 1.29 is 4.74 Å². The Morgan fingerprint density at radius 1 is 0.644 bits per heavy atom. The van der Waals surface area contributed by atoms with E-state index >= 15 is 0 Å². The van der Waals surface area contributed by atoms with Crippen LogP contribution < -0.4 is 15.0 Å². The van der Waals surface area contributed by atoms with Gasteiger partial charge in [0.05, 0.1) is 18.1 Å². The second-order valence-corrected chi connectivity index (χ2v) is 13.4. The third-order valence-electron chi connectivity index (χ3n) is 10.5. The van der Waals surface area contributed by atoms with Gasteiger partial charge in [-0.25, -0.2) is 0 Å². The summed E-state index contributed by atoms with van der Waals surface area (Å²) in [5.74, 6) is 1.64. The molecule has 1 aromatic heterocycles. The molecule has 6 nitrogen and oxygen atoms in total. The van der Waals surface area contributed by atoms with Crippen molar-refractivity contribution in [2.45, 2.75) is 62.7 Å². The first-order chi connectivity index (χ1) is 22.2. The van der Waals surface area contributed by atoms with E-state index in [2.05, 4.69) is 91.7 Å². The van der Waals surface area contributed by atoms with Crippen LogP contribution in [0.3, 0.4) is 0 Å². The number of nitrogens with zero attached hydrogens (tertiary/aromatic N) is 4. The van der Waals surface area contributed by atoms with Crippen LogP contribution in [-0.4, -0.2) is 65.1 Å². The number of ether oxygens (including phenoxy) is 1. The molecule has 3 aromatic carbocycles.